The van der Waals surface area contributed by atoms with Gasteiger partial charge in [-0.2, -0.15) is 0 Å². The minimum Gasteiger partial charge on any atom is -0.468 e. The summed E-state index contributed by atoms with van der Waals surface area (Å²) >= 11 is 0. The van der Waals surface area contributed by atoms with Crippen LogP contribution in [0.15, 0.2) is 24.3 Å². The highest BCUT2D eigenvalue weighted by molar-refractivity contribution is 5.76. The number of esters is 1. The number of nitrogens with one attached hydrogen (secondary N) is 1. The van der Waals surface area contributed by atoms with E-state index in [1.807, 2.05) is 12.1 Å². The molecule has 86 valence electrons. The lowest BCUT2D eigenvalue weighted by molar-refractivity contribution is -0.142. The van der Waals surface area contributed by atoms with Crippen molar-refractivity contribution in [3.8, 4) is 0 Å². The number of ether oxygens (including phenoxy) is 1. The summed E-state index contributed by atoms with van der Waals surface area (Å²) in [6.45, 7) is 2.10. The van der Waals surface area contributed by atoms with Gasteiger partial charge in [0.1, 0.15) is 6.04 Å². The Morgan fingerprint density at radius 3 is 2.81 bits per heavy atom. The fraction of sp³-hybridized carbons (Fsp3) is 0.462. The first-order chi connectivity index (χ1) is 7.72. The van der Waals surface area contributed by atoms with Crippen LogP contribution in [0.2, 0.25) is 0 Å². The molecule has 1 aromatic rings. The number of methoxy groups -OCH3 is 1. The van der Waals surface area contributed by atoms with Crippen molar-refractivity contribution in [1.82, 2.24) is 5.32 Å². The Morgan fingerprint density at radius 1 is 1.38 bits per heavy atom. The molecule has 3 nitrogen and oxygen atoms in total. The van der Waals surface area contributed by atoms with Crippen LogP contribution < -0.4 is 5.32 Å². The minimum absolute atomic E-state index is 0.144. The molecular formula is C13H17NO2. The van der Waals surface area contributed by atoms with Crippen LogP contribution in [0.25, 0.3) is 0 Å². The van der Waals surface area contributed by atoms with Crippen LogP contribution in [-0.4, -0.2) is 19.1 Å². The van der Waals surface area contributed by atoms with Gasteiger partial charge in [-0.15, -0.1) is 0 Å². The molecule has 1 N–H and O–H groups in total. The van der Waals surface area contributed by atoms with Crippen molar-refractivity contribution in [2.45, 2.75) is 31.8 Å². The van der Waals surface area contributed by atoms with Gasteiger partial charge in [0.25, 0.3) is 0 Å². The van der Waals surface area contributed by atoms with Gasteiger partial charge in [0.2, 0.25) is 0 Å². The lowest BCUT2D eigenvalue weighted by Crippen LogP contribution is -2.33. The van der Waals surface area contributed by atoms with E-state index in [0.717, 1.165) is 12.8 Å². The molecule has 1 heterocycles. The zero-order valence-corrected chi connectivity index (χ0v) is 9.69. The van der Waals surface area contributed by atoms with E-state index in [1.54, 1.807) is 0 Å². The van der Waals surface area contributed by atoms with E-state index < -0.39 is 0 Å². The topological polar surface area (TPSA) is 38.3 Å². The number of carbonyl (C=O) groups excluding carboxylic acids is 1. The van der Waals surface area contributed by atoms with Gasteiger partial charge < -0.3 is 4.74 Å². The van der Waals surface area contributed by atoms with Crippen molar-refractivity contribution in [3.05, 3.63) is 35.4 Å². The van der Waals surface area contributed by atoms with E-state index in [-0.39, 0.29) is 18.1 Å². The van der Waals surface area contributed by atoms with Gasteiger partial charge in [0, 0.05) is 6.04 Å². The number of rotatable bonds is 2. The Balaban J connectivity index is 2.09. The predicted molar refractivity (Wildman–Crippen MR) is 62.1 cm³/mol. The quantitative estimate of drug-likeness (QED) is 0.773. The summed E-state index contributed by atoms with van der Waals surface area (Å²) in [6, 6.07) is 8.43. The monoisotopic (exact) mass is 219 g/mol. The van der Waals surface area contributed by atoms with Crippen molar-refractivity contribution < 1.29 is 9.53 Å². The van der Waals surface area contributed by atoms with Crippen LogP contribution in [0.4, 0.5) is 0 Å². The molecule has 1 aromatic carbocycles. The zero-order chi connectivity index (χ0) is 11.5. The van der Waals surface area contributed by atoms with Crippen LogP contribution in [0.1, 0.15) is 30.0 Å². The Morgan fingerprint density at radius 2 is 2.12 bits per heavy atom. The third-order valence-electron chi connectivity index (χ3n) is 3.20. The smallest absolute Gasteiger partial charge is 0.322 e. The second-order valence-electron chi connectivity index (χ2n) is 4.23. The zero-order valence-electron chi connectivity index (χ0n) is 9.69. The summed E-state index contributed by atoms with van der Waals surface area (Å²) in [4.78, 5) is 11.4. The molecular weight excluding hydrogens is 202 g/mol. The average Bonchev–Trinajstić information content (AvgIpc) is 2.78. The summed E-state index contributed by atoms with van der Waals surface area (Å²) in [7, 11) is 1.44. The summed E-state index contributed by atoms with van der Waals surface area (Å²) in [5, 5.41) is 3.32. The molecule has 1 saturated heterocycles. The van der Waals surface area contributed by atoms with Gasteiger partial charge in [-0.3, -0.25) is 10.1 Å². The first kappa shape index (κ1) is 11.1. The summed E-state index contributed by atoms with van der Waals surface area (Å²) in [5.41, 5.74) is 2.56. The van der Waals surface area contributed by atoms with Crippen molar-refractivity contribution in [2.24, 2.45) is 0 Å². The first-order valence-electron chi connectivity index (χ1n) is 5.62. The SMILES string of the molecule is COC(=O)C1CCC(c2ccccc2C)N1. The Bertz CT molecular complexity index is 389. The maximum Gasteiger partial charge on any atom is 0.322 e. The normalized spacial score (nSPS) is 24.4. The Labute approximate surface area is 95.8 Å². The maximum absolute atomic E-state index is 11.4. The largest absolute Gasteiger partial charge is 0.468 e. The summed E-state index contributed by atoms with van der Waals surface area (Å²) in [5.74, 6) is -0.156. The van der Waals surface area contributed by atoms with Crippen LogP contribution in [0, 0.1) is 6.92 Å². The van der Waals surface area contributed by atoms with Crippen molar-refractivity contribution in [2.75, 3.05) is 7.11 Å². The van der Waals surface area contributed by atoms with E-state index in [4.69, 9.17) is 4.74 Å². The van der Waals surface area contributed by atoms with E-state index in [1.165, 1.54) is 18.2 Å². The van der Waals surface area contributed by atoms with Crippen molar-refractivity contribution >= 4 is 5.97 Å². The second-order valence-corrected chi connectivity index (χ2v) is 4.23. The summed E-state index contributed by atoms with van der Waals surface area (Å²) < 4.78 is 4.75. The molecule has 0 radical (unpaired) electrons. The Hall–Kier alpha value is -1.35. The van der Waals surface area contributed by atoms with Crippen LogP contribution >= 0.6 is 0 Å². The second kappa shape index (κ2) is 4.66. The molecule has 0 bridgehead atoms. The maximum atomic E-state index is 11.4. The van der Waals surface area contributed by atoms with E-state index in [0.29, 0.717) is 0 Å². The number of aryl methyl sites for hydroxylation is 1. The molecule has 2 rings (SSSR count). The Kier molecular flexibility index (Phi) is 3.25. The van der Waals surface area contributed by atoms with Crippen molar-refractivity contribution in [3.63, 3.8) is 0 Å². The lowest BCUT2D eigenvalue weighted by Gasteiger charge is -2.15. The highest BCUT2D eigenvalue weighted by atomic mass is 16.5. The third-order valence-corrected chi connectivity index (χ3v) is 3.20. The van der Waals surface area contributed by atoms with Crippen molar-refractivity contribution in [1.29, 1.82) is 0 Å². The number of hydrogen-bond donors (Lipinski definition) is 1. The van der Waals surface area contributed by atoms with Gasteiger partial charge in [0.15, 0.2) is 0 Å². The molecule has 0 aliphatic carbocycles. The molecule has 16 heavy (non-hydrogen) atoms. The van der Waals surface area contributed by atoms with Crippen LogP contribution in [-0.2, 0) is 9.53 Å². The molecule has 3 heteroatoms. The van der Waals surface area contributed by atoms with E-state index in [2.05, 4.69) is 24.4 Å². The molecule has 0 spiro atoms. The molecule has 2 atom stereocenters. The molecule has 1 aliphatic rings. The summed E-state index contributed by atoms with van der Waals surface area (Å²) in [6.07, 6.45) is 1.84. The number of benzene rings is 1. The predicted octanol–water partition coefficient (Wildman–Crippen LogP) is 1.96. The van der Waals surface area contributed by atoms with Crippen LogP contribution in [0.3, 0.4) is 0 Å². The van der Waals surface area contributed by atoms with Gasteiger partial charge in [-0.05, 0) is 30.9 Å². The van der Waals surface area contributed by atoms with Gasteiger partial charge in [0.05, 0.1) is 7.11 Å². The standard InChI is InChI=1S/C13H17NO2/c1-9-5-3-4-6-10(9)11-7-8-12(14-11)13(15)16-2/h3-6,11-12,14H,7-8H2,1-2H3. The highest BCUT2D eigenvalue weighted by Gasteiger charge is 2.30. The fourth-order valence-electron chi connectivity index (χ4n) is 2.29. The number of hydrogen-bond acceptors (Lipinski definition) is 3. The van der Waals surface area contributed by atoms with Gasteiger partial charge >= 0.3 is 5.97 Å². The third kappa shape index (κ3) is 2.09. The molecule has 1 fully saturated rings. The molecule has 2 unspecified atom stereocenters. The molecule has 1 aliphatic heterocycles. The molecule has 0 saturated carbocycles. The van der Waals surface area contributed by atoms with E-state index >= 15 is 0 Å². The number of carbonyl (C=O) groups is 1. The van der Waals surface area contributed by atoms with Gasteiger partial charge in [-0.1, -0.05) is 24.3 Å². The molecule has 0 aromatic heterocycles. The van der Waals surface area contributed by atoms with Gasteiger partial charge in [-0.25, -0.2) is 0 Å². The minimum atomic E-state index is -0.156. The first-order valence-corrected chi connectivity index (χ1v) is 5.62. The van der Waals surface area contributed by atoms with Crippen LogP contribution in [0.5, 0.6) is 0 Å². The average molecular weight is 219 g/mol. The lowest BCUT2D eigenvalue weighted by atomic mass is 10.0. The highest BCUT2D eigenvalue weighted by Crippen LogP contribution is 2.28. The fourth-order valence-corrected chi connectivity index (χ4v) is 2.29. The molecule has 0 amide bonds. The van der Waals surface area contributed by atoms with E-state index in [9.17, 15) is 4.79 Å².